The number of carbonyl (C=O) groups excluding carboxylic acids is 2. The molecule has 8 nitrogen and oxygen atoms in total. The second kappa shape index (κ2) is 8.03. The highest BCUT2D eigenvalue weighted by Gasteiger charge is 2.67. The number of rotatable bonds is 3. The largest absolute Gasteiger partial charge is 0.371 e. The maximum Gasteiger partial charge on any atom is 0.254 e. The van der Waals surface area contributed by atoms with Crippen molar-refractivity contribution in [2.45, 2.75) is 44.0 Å². The monoisotopic (exact) mass is 570 g/mol. The summed E-state index contributed by atoms with van der Waals surface area (Å²) in [6.45, 7) is 4.60. The third-order valence-corrected chi connectivity index (χ3v) is 10.5. The first-order chi connectivity index (χ1) is 20.8. The van der Waals surface area contributed by atoms with E-state index >= 15 is 0 Å². The van der Waals surface area contributed by atoms with Crippen LogP contribution in [0.3, 0.4) is 0 Å². The number of fused-ring (bicyclic) bond motifs is 13. The average molecular weight is 571 g/mol. The van der Waals surface area contributed by atoms with Crippen molar-refractivity contribution in [3.8, 4) is 0 Å². The minimum Gasteiger partial charge on any atom is -0.371 e. The van der Waals surface area contributed by atoms with Gasteiger partial charge in [0.25, 0.3) is 11.8 Å². The zero-order chi connectivity index (χ0) is 29.4. The van der Waals surface area contributed by atoms with Gasteiger partial charge in [-0.3, -0.25) is 9.59 Å². The summed E-state index contributed by atoms with van der Waals surface area (Å²) >= 11 is 0. The van der Waals surface area contributed by atoms with E-state index in [1.165, 1.54) is 0 Å². The molecule has 1 N–H and O–H groups in total. The van der Waals surface area contributed by atoms with Gasteiger partial charge in [0.2, 0.25) is 0 Å². The summed E-state index contributed by atoms with van der Waals surface area (Å²) in [5.74, 6) is -0.177. The van der Waals surface area contributed by atoms with Crippen molar-refractivity contribution in [3.63, 3.8) is 0 Å². The Bertz CT molecular complexity index is 2220. The maximum absolute atomic E-state index is 14.1. The molecular formula is C35H30N4O4. The fraction of sp³-hybridized carbons (Fsp3) is 0.257. The van der Waals surface area contributed by atoms with Gasteiger partial charge in [0.1, 0.15) is 11.6 Å². The molecule has 0 radical (unpaired) electrons. The molecule has 1 saturated heterocycles. The molecule has 0 saturated carbocycles. The van der Waals surface area contributed by atoms with Crippen LogP contribution in [-0.2, 0) is 21.7 Å². The number of methoxy groups -OCH3 is 1. The summed E-state index contributed by atoms with van der Waals surface area (Å²) in [5.41, 5.74) is 4.24. The SMILES string of the molecule is CO[C@]1(C)[C@@H](N(C)C(=O)c2ccccc2)[C@H]2O[C@]1(C)n1c3ccccc3c3c4c(c5c6ccccc6n2c5c31)C(=O)NC4. The van der Waals surface area contributed by atoms with Crippen molar-refractivity contribution in [1.82, 2.24) is 19.4 Å². The highest BCUT2D eigenvalue weighted by Crippen LogP contribution is 2.59. The number of likely N-dealkylation sites (N-methyl/N-ethyl adjacent to an activating group) is 1. The predicted octanol–water partition coefficient (Wildman–Crippen LogP) is 5.91. The van der Waals surface area contributed by atoms with Crippen LogP contribution in [0.25, 0.3) is 43.6 Å². The van der Waals surface area contributed by atoms with Crippen LogP contribution in [0.4, 0.5) is 0 Å². The Balaban J connectivity index is 1.49. The van der Waals surface area contributed by atoms with E-state index < -0.39 is 23.6 Å². The van der Waals surface area contributed by atoms with Crippen LogP contribution in [0.1, 0.15) is 46.4 Å². The van der Waals surface area contributed by atoms with E-state index in [1.807, 2.05) is 61.6 Å². The van der Waals surface area contributed by atoms with Crippen LogP contribution < -0.4 is 5.32 Å². The Morgan fingerprint density at radius 3 is 2.30 bits per heavy atom. The summed E-state index contributed by atoms with van der Waals surface area (Å²) in [5, 5.41) is 7.14. The molecule has 2 aromatic heterocycles. The Morgan fingerprint density at radius 2 is 1.58 bits per heavy atom. The third kappa shape index (κ3) is 2.70. The smallest absolute Gasteiger partial charge is 0.254 e. The Morgan fingerprint density at radius 1 is 0.930 bits per heavy atom. The number of amides is 2. The summed E-state index contributed by atoms with van der Waals surface area (Å²) in [7, 11) is 3.54. The number of benzene rings is 4. The van der Waals surface area contributed by atoms with Crippen molar-refractivity contribution in [3.05, 3.63) is 95.6 Å². The predicted molar refractivity (Wildman–Crippen MR) is 165 cm³/mol. The fourth-order valence-electron chi connectivity index (χ4n) is 8.40. The molecule has 4 aromatic carbocycles. The molecule has 0 spiro atoms. The van der Waals surface area contributed by atoms with E-state index in [4.69, 9.17) is 9.47 Å². The second-order valence-electron chi connectivity index (χ2n) is 12.3. The van der Waals surface area contributed by atoms with Gasteiger partial charge in [-0.2, -0.15) is 0 Å². The molecule has 5 heterocycles. The second-order valence-corrected chi connectivity index (χ2v) is 12.3. The highest BCUT2D eigenvalue weighted by molar-refractivity contribution is 6.31. The van der Waals surface area contributed by atoms with Crippen molar-refractivity contribution in [2.24, 2.45) is 0 Å². The van der Waals surface area contributed by atoms with E-state index in [9.17, 15) is 9.59 Å². The number of nitrogens with zero attached hydrogens (tertiary/aromatic N) is 3. The molecule has 8 heteroatoms. The molecule has 3 aliphatic heterocycles. The van der Waals surface area contributed by atoms with Crippen LogP contribution in [0.2, 0.25) is 0 Å². The number of hydrogen-bond donors (Lipinski definition) is 1. The lowest BCUT2D eigenvalue weighted by molar-refractivity contribution is -0.184. The molecule has 3 aliphatic rings. The Kier molecular flexibility index (Phi) is 4.65. The van der Waals surface area contributed by atoms with Gasteiger partial charge in [-0.05, 0) is 43.7 Å². The summed E-state index contributed by atoms with van der Waals surface area (Å²) in [6.07, 6.45) is -0.612. The zero-order valence-corrected chi connectivity index (χ0v) is 24.3. The van der Waals surface area contributed by atoms with Crippen LogP contribution in [-0.4, -0.2) is 51.6 Å². The molecule has 6 aromatic rings. The van der Waals surface area contributed by atoms with Gasteiger partial charge in [-0.25, -0.2) is 0 Å². The fourth-order valence-corrected chi connectivity index (χ4v) is 8.40. The normalized spacial score (nSPS) is 25.6. The lowest BCUT2D eigenvalue weighted by Gasteiger charge is -2.45. The van der Waals surface area contributed by atoms with Gasteiger partial charge in [0.15, 0.2) is 12.0 Å². The van der Waals surface area contributed by atoms with Crippen molar-refractivity contribution in [2.75, 3.05) is 14.2 Å². The van der Waals surface area contributed by atoms with Crippen LogP contribution in [0.5, 0.6) is 0 Å². The lowest BCUT2D eigenvalue weighted by atomic mass is 9.85. The van der Waals surface area contributed by atoms with E-state index in [-0.39, 0.29) is 11.8 Å². The zero-order valence-electron chi connectivity index (χ0n) is 24.3. The topological polar surface area (TPSA) is 77.7 Å². The number of aromatic nitrogens is 2. The van der Waals surface area contributed by atoms with Gasteiger partial charge in [-0.15, -0.1) is 0 Å². The molecule has 9 rings (SSSR count). The van der Waals surface area contributed by atoms with E-state index in [2.05, 4.69) is 52.6 Å². The number of ether oxygens (including phenoxy) is 2. The van der Waals surface area contributed by atoms with Gasteiger partial charge < -0.3 is 28.8 Å². The molecule has 43 heavy (non-hydrogen) atoms. The van der Waals surface area contributed by atoms with Gasteiger partial charge in [-0.1, -0.05) is 54.6 Å². The Hall–Kier alpha value is -4.66. The Labute approximate surface area is 247 Å². The molecular weight excluding hydrogens is 540 g/mol. The summed E-state index contributed by atoms with van der Waals surface area (Å²) in [4.78, 5) is 29.5. The molecule has 2 amide bonds. The van der Waals surface area contributed by atoms with Crippen molar-refractivity contribution in [1.29, 1.82) is 0 Å². The molecule has 2 bridgehead atoms. The molecule has 214 valence electrons. The average Bonchev–Trinajstić information content (AvgIpc) is 3.72. The quantitative estimate of drug-likeness (QED) is 0.287. The highest BCUT2D eigenvalue weighted by atomic mass is 16.6. The van der Waals surface area contributed by atoms with Crippen LogP contribution in [0.15, 0.2) is 78.9 Å². The molecule has 0 unspecified atom stereocenters. The molecule has 4 atom stereocenters. The van der Waals surface area contributed by atoms with Crippen molar-refractivity contribution >= 4 is 55.4 Å². The summed E-state index contributed by atoms with van der Waals surface area (Å²) < 4.78 is 18.3. The maximum atomic E-state index is 14.1. The van der Waals surface area contributed by atoms with Crippen LogP contribution in [0, 0.1) is 0 Å². The minimum atomic E-state index is -1.03. The number of para-hydroxylation sites is 2. The van der Waals surface area contributed by atoms with Gasteiger partial charge >= 0.3 is 0 Å². The standard InChI is InChI=1S/C35H30N4O4/c1-34(42-4)30(37(3)32(41)19-12-6-5-7-13-19)33-38-23-16-10-8-14-20(23)26-27-22(18-36-31(27)40)25-21-15-9-11-17-24(21)39(29(25)28(26)38)35(34,2)43-33/h5-17,30,33H,18H2,1-4H3,(H,36,40)/t30-,33+,34+,35-/m0/s1. The van der Waals surface area contributed by atoms with Gasteiger partial charge in [0.05, 0.1) is 27.6 Å². The summed E-state index contributed by atoms with van der Waals surface area (Å²) in [6, 6.07) is 25.3. The number of hydrogen-bond acceptors (Lipinski definition) is 4. The van der Waals surface area contributed by atoms with E-state index in [1.54, 1.807) is 12.0 Å². The van der Waals surface area contributed by atoms with Crippen LogP contribution >= 0.6 is 0 Å². The number of carbonyl (C=O) groups is 2. The molecule has 0 aliphatic carbocycles. The first-order valence-electron chi connectivity index (χ1n) is 14.7. The third-order valence-electron chi connectivity index (χ3n) is 10.5. The van der Waals surface area contributed by atoms with E-state index in [0.717, 1.165) is 54.7 Å². The van der Waals surface area contributed by atoms with E-state index in [0.29, 0.717) is 12.1 Å². The minimum absolute atomic E-state index is 0.0622. The first-order valence-corrected chi connectivity index (χ1v) is 14.7. The first kappa shape index (κ1) is 24.9. The number of nitrogens with one attached hydrogen (secondary N) is 1. The van der Waals surface area contributed by atoms with Crippen molar-refractivity contribution < 1.29 is 19.1 Å². The lowest BCUT2D eigenvalue weighted by Crippen LogP contribution is -2.60. The molecule has 1 fully saturated rings. The van der Waals surface area contributed by atoms with Gasteiger partial charge in [0, 0.05) is 47.8 Å².